The average Bonchev–Trinajstić information content (AvgIpc) is 3.57. The summed E-state index contributed by atoms with van der Waals surface area (Å²) >= 11 is 12.8. The van der Waals surface area contributed by atoms with Crippen molar-refractivity contribution >= 4 is 44.7 Å². The van der Waals surface area contributed by atoms with Crippen molar-refractivity contribution in [3.05, 3.63) is 70.3 Å². The summed E-state index contributed by atoms with van der Waals surface area (Å²) in [5.41, 5.74) is 4.98. The van der Waals surface area contributed by atoms with E-state index >= 15 is 0 Å². The Morgan fingerprint density at radius 2 is 1.78 bits per heavy atom. The summed E-state index contributed by atoms with van der Waals surface area (Å²) in [6.45, 7) is 5.01. The van der Waals surface area contributed by atoms with Crippen molar-refractivity contribution in [3.8, 4) is 22.4 Å². The van der Waals surface area contributed by atoms with E-state index in [-0.39, 0.29) is 17.8 Å². The lowest BCUT2D eigenvalue weighted by atomic mass is 10.0. The summed E-state index contributed by atoms with van der Waals surface area (Å²) in [5.74, 6) is 1.11. The zero-order chi connectivity index (χ0) is 25.9. The lowest BCUT2D eigenvalue weighted by molar-refractivity contribution is 0.367. The maximum absolute atomic E-state index is 12.8. The van der Waals surface area contributed by atoms with E-state index in [0.717, 1.165) is 46.0 Å². The number of hydrogen-bond donors (Lipinski definition) is 0. The SMILES string of the molecule is CCCS(=O)(=O)N1C[C@@H]2C[C@H]1CN2c1cc(C)nc2c(-c3ccc(Cl)cc3)c(-c3ccccc3Cl)nn12. The molecule has 0 radical (unpaired) electrons. The fraction of sp³-hybridized carbons (Fsp3) is 0.333. The number of anilines is 1. The molecule has 0 amide bonds. The summed E-state index contributed by atoms with van der Waals surface area (Å²) in [5, 5.41) is 6.33. The van der Waals surface area contributed by atoms with Crippen LogP contribution in [0.1, 0.15) is 25.5 Å². The lowest BCUT2D eigenvalue weighted by Gasteiger charge is -2.34. The highest BCUT2D eigenvalue weighted by Gasteiger charge is 2.48. The normalized spacial score (nSPS) is 19.8. The van der Waals surface area contributed by atoms with Crippen molar-refractivity contribution in [2.24, 2.45) is 0 Å². The topological polar surface area (TPSA) is 70.8 Å². The number of benzene rings is 2. The van der Waals surface area contributed by atoms with Gasteiger partial charge < -0.3 is 4.90 Å². The molecule has 0 saturated carbocycles. The second-order valence-electron chi connectivity index (χ2n) is 9.78. The minimum absolute atomic E-state index is 0.0283. The first-order chi connectivity index (χ1) is 17.8. The van der Waals surface area contributed by atoms with E-state index < -0.39 is 10.0 Å². The standard InChI is InChI=1S/C27H27Cl2N5O2S/c1-3-12-37(35,36)33-16-20-14-21(33)15-32(20)24-13-17(2)30-27-25(18-8-10-19(28)11-9-18)26(31-34(24)27)22-6-4-5-7-23(22)29/h4-11,13,20-21H,3,12,14-16H2,1-2H3/t20-,21-/m0/s1. The molecule has 192 valence electrons. The number of aryl methyl sites for hydroxylation is 1. The van der Waals surface area contributed by atoms with E-state index in [1.165, 1.54) is 0 Å². The molecule has 4 aromatic rings. The zero-order valence-corrected chi connectivity index (χ0v) is 22.9. The minimum Gasteiger partial charge on any atom is -0.350 e. The van der Waals surface area contributed by atoms with Crippen LogP contribution in [0.25, 0.3) is 28.0 Å². The third-order valence-electron chi connectivity index (χ3n) is 7.26. The van der Waals surface area contributed by atoms with Crippen LogP contribution in [0.15, 0.2) is 54.6 Å². The first kappa shape index (κ1) is 24.7. The van der Waals surface area contributed by atoms with Crippen molar-refractivity contribution in [3.63, 3.8) is 0 Å². The van der Waals surface area contributed by atoms with Crippen LogP contribution in [0.2, 0.25) is 10.0 Å². The van der Waals surface area contributed by atoms with Crippen LogP contribution in [-0.2, 0) is 10.0 Å². The van der Waals surface area contributed by atoms with Gasteiger partial charge in [-0.3, -0.25) is 0 Å². The molecule has 7 nitrogen and oxygen atoms in total. The fourth-order valence-corrected chi connectivity index (χ4v) is 7.78. The first-order valence-electron chi connectivity index (χ1n) is 12.4. The number of aromatic nitrogens is 3. The highest BCUT2D eigenvalue weighted by atomic mass is 35.5. The van der Waals surface area contributed by atoms with E-state index in [2.05, 4.69) is 4.90 Å². The molecule has 4 heterocycles. The third kappa shape index (κ3) is 4.20. The predicted molar refractivity (Wildman–Crippen MR) is 149 cm³/mol. The average molecular weight is 557 g/mol. The molecule has 0 unspecified atom stereocenters. The van der Waals surface area contributed by atoms with Crippen LogP contribution in [0, 0.1) is 6.92 Å². The Morgan fingerprint density at radius 1 is 1.03 bits per heavy atom. The van der Waals surface area contributed by atoms with Crippen molar-refractivity contribution in [1.82, 2.24) is 18.9 Å². The number of nitrogens with zero attached hydrogens (tertiary/aromatic N) is 5. The molecule has 2 fully saturated rings. The fourth-order valence-electron chi connectivity index (χ4n) is 5.68. The van der Waals surface area contributed by atoms with Gasteiger partial charge in [-0.15, -0.1) is 0 Å². The van der Waals surface area contributed by atoms with E-state index in [9.17, 15) is 8.42 Å². The van der Waals surface area contributed by atoms with Crippen LogP contribution < -0.4 is 4.90 Å². The van der Waals surface area contributed by atoms with Crippen LogP contribution in [0.3, 0.4) is 0 Å². The molecule has 0 N–H and O–H groups in total. The largest absolute Gasteiger partial charge is 0.350 e. The maximum Gasteiger partial charge on any atom is 0.214 e. The Hall–Kier alpha value is -2.65. The Labute approximate surface area is 226 Å². The molecule has 2 bridgehead atoms. The summed E-state index contributed by atoms with van der Waals surface area (Å²) in [4.78, 5) is 7.21. The van der Waals surface area contributed by atoms with Gasteiger partial charge in [-0.25, -0.2) is 13.4 Å². The molecule has 2 saturated heterocycles. The Morgan fingerprint density at radius 3 is 2.46 bits per heavy atom. The Balaban J connectivity index is 1.50. The number of fused-ring (bicyclic) bond motifs is 3. The summed E-state index contributed by atoms with van der Waals surface area (Å²) in [7, 11) is -3.23. The highest BCUT2D eigenvalue weighted by Crippen LogP contribution is 2.41. The summed E-state index contributed by atoms with van der Waals surface area (Å²) in [6, 6.07) is 17.4. The van der Waals surface area contributed by atoms with Gasteiger partial charge in [0.05, 0.1) is 16.3 Å². The van der Waals surface area contributed by atoms with Gasteiger partial charge in [-0.05, 0) is 43.5 Å². The maximum atomic E-state index is 12.8. The lowest BCUT2D eigenvalue weighted by Crippen LogP contribution is -2.49. The van der Waals surface area contributed by atoms with Gasteiger partial charge in [0, 0.05) is 47.5 Å². The van der Waals surface area contributed by atoms with Gasteiger partial charge in [0.2, 0.25) is 10.0 Å². The molecule has 2 aliphatic rings. The van der Waals surface area contributed by atoms with Crippen LogP contribution >= 0.6 is 23.2 Å². The van der Waals surface area contributed by atoms with Gasteiger partial charge in [0.25, 0.3) is 0 Å². The predicted octanol–water partition coefficient (Wildman–Crippen LogP) is 5.68. The van der Waals surface area contributed by atoms with Gasteiger partial charge in [-0.1, -0.05) is 60.5 Å². The van der Waals surface area contributed by atoms with Crippen LogP contribution in [0.5, 0.6) is 0 Å². The van der Waals surface area contributed by atoms with E-state index in [4.69, 9.17) is 33.3 Å². The molecule has 2 aliphatic heterocycles. The highest BCUT2D eigenvalue weighted by molar-refractivity contribution is 7.89. The van der Waals surface area contributed by atoms with Crippen molar-refractivity contribution in [1.29, 1.82) is 0 Å². The second kappa shape index (κ2) is 9.27. The monoisotopic (exact) mass is 555 g/mol. The number of rotatable bonds is 6. The number of hydrogen-bond acceptors (Lipinski definition) is 5. The Bertz CT molecular complexity index is 1600. The minimum atomic E-state index is -3.23. The van der Waals surface area contributed by atoms with Crippen LogP contribution in [0.4, 0.5) is 5.82 Å². The zero-order valence-electron chi connectivity index (χ0n) is 20.6. The van der Waals surface area contributed by atoms with E-state index in [0.29, 0.717) is 29.6 Å². The molecular formula is C27H27Cl2N5O2S. The van der Waals surface area contributed by atoms with Crippen LogP contribution in [-0.4, -0.2) is 58.2 Å². The molecule has 10 heteroatoms. The smallest absolute Gasteiger partial charge is 0.214 e. The number of halogens is 2. The van der Waals surface area contributed by atoms with Crippen molar-refractivity contribution < 1.29 is 8.42 Å². The Kier molecular flexibility index (Phi) is 6.18. The molecule has 2 aromatic heterocycles. The van der Waals surface area contributed by atoms with E-state index in [1.54, 1.807) is 4.31 Å². The van der Waals surface area contributed by atoms with Gasteiger partial charge in [0.15, 0.2) is 5.65 Å². The van der Waals surface area contributed by atoms with Crippen molar-refractivity contribution in [2.45, 2.75) is 38.8 Å². The molecule has 0 spiro atoms. The van der Waals surface area contributed by atoms with Gasteiger partial charge in [-0.2, -0.15) is 13.9 Å². The van der Waals surface area contributed by atoms with Crippen molar-refractivity contribution in [2.75, 3.05) is 23.7 Å². The van der Waals surface area contributed by atoms with Gasteiger partial charge >= 0.3 is 0 Å². The third-order valence-corrected chi connectivity index (χ3v) is 9.93. The molecule has 2 atom stereocenters. The number of piperazine rings is 1. The van der Waals surface area contributed by atoms with E-state index in [1.807, 2.05) is 73.0 Å². The number of sulfonamides is 1. The summed E-state index contributed by atoms with van der Waals surface area (Å²) < 4.78 is 29.2. The molecule has 0 aliphatic carbocycles. The molecule has 37 heavy (non-hydrogen) atoms. The molecule has 2 aromatic carbocycles. The second-order valence-corrected chi connectivity index (χ2v) is 12.7. The molecular weight excluding hydrogens is 529 g/mol. The molecule has 6 rings (SSSR count). The quantitative estimate of drug-likeness (QED) is 0.306. The summed E-state index contributed by atoms with van der Waals surface area (Å²) in [6.07, 6.45) is 1.43. The first-order valence-corrected chi connectivity index (χ1v) is 14.8. The van der Waals surface area contributed by atoms with Gasteiger partial charge in [0.1, 0.15) is 11.5 Å².